The highest BCUT2D eigenvalue weighted by atomic mass is 16.5. The van der Waals surface area contributed by atoms with Crippen molar-refractivity contribution in [3.8, 4) is 0 Å². The van der Waals surface area contributed by atoms with Gasteiger partial charge in [0.15, 0.2) is 0 Å². The molecule has 118 valence electrons. The van der Waals surface area contributed by atoms with E-state index >= 15 is 0 Å². The van der Waals surface area contributed by atoms with Crippen LogP contribution in [0.15, 0.2) is 4.52 Å². The van der Waals surface area contributed by atoms with Crippen molar-refractivity contribution in [3.05, 3.63) is 17.0 Å². The van der Waals surface area contributed by atoms with Gasteiger partial charge >= 0.3 is 0 Å². The molecule has 1 aromatic rings. The summed E-state index contributed by atoms with van der Waals surface area (Å²) in [4.78, 5) is 7.76. The van der Waals surface area contributed by atoms with Gasteiger partial charge in [-0.25, -0.2) is 0 Å². The van der Waals surface area contributed by atoms with Crippen molar-refractivity contribution in [2.24, 2.45) is 0 Å². The standard InChI is InChI=1S/C16H28N4O/c1-12(2)19-5-7-20(8-6-19)15-9-18(10-15)11-16-13(3)17-21-14(16)4/h12,15H,5-11H2,1-4H3. The Morgan fingerprint density at radius 1 is 1.14 bits per heavy atom. The fourth-order valence-electron chi connectivity index (χ4n) is 3.47. The Bertz CT molecular complexity index is 451. The van der Waals surface area contributed by atoms with E-state index in [9.17, 15) is 0 Å². The van der Waals surface area contributed by atoms with Crippen LogP contribution in [0, 0.1) is 13.8 Å². The lowest BCUT2D eigenvalue weighted by Crippen LogP contribution is -2.63. The second-order valence-corrected chi connectivity index (χ2v) is 6.82. The number of nitrogens with zero attached hydrogens (tertiary/aromatic N) is 4. The SMILES string of the molecule is Cc1noc(C)c1CN1CC(N2CCN(C(C)C)CC2)C1. The lowest BCUT2D eigenvalue weighted by Gasteiger charge is -2.48. The summed E-state index contributed by atoms with van der Waals surface area (Å²) in [6.07, 6.45) is 0. The summed E-state index contributed by atoms with van der Waals surface area (Å²) < 4.78 is 5.25. The second kappa shape index (κ2) is 6.07. The second-order valence-electron chi connectivity index (χ2n) is 6.82. The lowest BCUT2D eigenvalue weighted by molar-refractivity contribution is -0.00433. The highest BCUT2D eigenvalue weighted by Crippen LogP contribution is 2.22. The van der Waals surface area contributed by atoms with Crippen LogP contribution in [0.4, 0.5) is 0 Å². The summed E-state index contributed by atoms with van der Waals surface area (Å²) in [5.74, 6) is 0.974. The fourth-order valence-corrected chi connectivity index (χ4v) is 3.47. The topological polar surface area (TPSA) is 35.8 Å². The van der Waals surface area contributed by atoms with E-state index in [-0.39, 0.29) is 0 Å². The molecular formula is C16H28N4O. The predicted octanol–water partition coefficient (Wildman–Crippen LogP) is 1.50. The third-order valence-corrected chi connectivity index (χ3v) is 5.10. The Morgan fingerprint density at radius 2 is 1.81 bits per heavy atom. The van der Waals surface area contributed by atoms with Crippen molar-refractivity contribution in [3.63, 3.8) is 0 Å². The van der Waals surface area contributed by atoms with Gasteiger partial charge in [-0.2, -0.15) is 0 Å². The molecule has 2 saturated heterocycles. The van der Waals surface area contributed by atoms with Crippen LogP contribution in [0.1, 0.15) is 30.9 Å². The van der Waals surface area contributed by atoms with E-state index in [4.69, 9.17) is 4.52 Å². The van der Waals surface area contributed by atoms with Crippen LogP contribution in [0.3, 0.4) is 0 Å². The maximum absolute atomic E-state index is 5.25. The molecule has 3 rings (SSSR count). The quantitative estimate of drug-likeness (QED) is 0.840. The molecule has 0 unspecified atom stereocenters. The molecule has 0 saturated carbocycles. The molecule has 21 heavy (non-hydrogen) atoms. The first-order valence-electron chi connectivity index (χ1n) is 8.17. The molecule has 0 amide bonds. The van der Waals surface area contributed by atoms with Crippen molar-refractivity contribution in [1.29, 1.82) is 0 Å². The maximum Gasteiger partial charge on any atom is 0.138 e. The Morgan fingerprint density at radius 3 is 2.33 bits per heavy atom. The van der Waals surface area contributed by atoms with Crippen LogP contribution in [0.5, 0.6) is 0 Å². The zero-order valence-electron chi connectivity index (χ0n) is 13.8. The Hall–Kier alpha value is -0.910. The largest absolute Gasteiger partial charge is 0.361 e. The van der Waals surface area contributed by atoms with E-state index in [1.807, 2.05) is 13.8 Å². The van der Waals surface area contributed by atoms with Gasteiger partial charge < -0.3 is 4.52 Å². The Labute approximate surface area is 127 Å². The monoisotopic (exact) mass is 292 g/mol. The molecule has 0 N–H and O–H groups in total. The molecule has 0 atom stereocenters. The van der Waals surface area contributed by atoms with Gasteiger partial charge in [0.05, 0.1) is 5.69 Å². The molecule has 3 heterocycles. The fraction of sp³-hybridized carbons (Fsp3) is 0.812. The van der Waals surface area contributed by atoms with Gasteiger partial charge in [0, 0.05) is 63.5 Å². The summed E-state index contributed by atoms with van der Waals surface area (Å²) >= 11 is 0. The van der Waals surface area contributed by atoms with Crippen molar-refractivity contribution in [1.82, 2.24) is 19.9 Å². The number of rotatable bonds is 4. The molecular weight excluding hydrogens is 264 g/mol. The van der Waals surface area contributed by atoms with Crippen LogP contribution in [-0.4, -0.2) is 71.2 Å². The van der Waals surface area contributed by atoms with Gasteiger partial charge in [0.25, 0.3) is 0 Å². The lowest BCUT2D eigenvalue weighted by atomic mass is 10.0. The van der Waals surface area contributed by atoms with E-state index in [0.29, 0.717) is 6.04 Å². The zero-order chi connectivity index (χ0) is 15.0. The predicted molar refractivity (Wildman–Crippen MR) is 83.3 cm³/mol. The maximum atomic E-state index is 5.25. The normalized spacial score (nSPS) is 22.9. The first kappa shape index (κ1) is 15.0. The minimum absolute atomic E-state index is 0.685. The molecule has 5 heteroatoms. The van der Waals surface area contributed by atoms with E-state index in [0.717, 1.165) is 24.0 Å². The summed E-state index contributed by atoms with van der Waals surface area (Å²) in [6.45, 7) is 16.9. The molecule has 2 aliphatic rings. The van der Waals surface area contributed by atoms with E-state index in [1.165, 1.54) is 44.8 Å². The summed E-state index contributed by atoms with van der Waals surface area (Å²) in [5, 5.41) is 4.04. The van der Waals surface area contributed by atoms with E-state index < -0.39 is 0 Å². The van der Waals surface area contributed by atoms with E-state index in [1.54, 1.807) is 0 Å². The van der Waals surface area contributed by atoms with Crippen molar-refractivity contribution in [2.75, 3.05) is 39.3 Å². The smallest absolute Gasteiger partial charge is 0.138 e. The number of aryl methyl sites for hydroxylation is 2. The third-order valence-electron chi connectivity index (χ3n) is 5.10. The summed E-state index contributed by atoms with van der Waals surface area (Å²) in [5.41, 5.74) is 2.32. The number of piperazine rings is 1. The molecule has 0 spiro atoms. The van der Waals surface area contributed by atoms with Crippen LogP contribution in [0.25, 0.3) is 0 Å². The molecule has 0 aromatic carbocycles. The molecule has 1 aromatic heterocycles. The molecule has 2 fully saturated rings. The van der Waals surface area contributed by atoms with Crippen LogP contribution in [0.2, 0.25) is 0 Å². The third kappa shape index (κ3) is 3.15. The number of aromatic nitrogens is 1. The van der Waals surface area contributed by atoms with Gasteiger partial charge in [-0.15, -0.1) is 0 Å². The first-order chi connectivity index (χ1) is 10.0. The van der Waals surface area contributed by atoms with Crippen LogP contribution in [-0.2, 0) is 6.54 Å². The van der Waals surface area contributed by atoms with E-state index in [2.05, 4.69) is 33.7 Å². The van der Waals surface area contributed by atoms with Crippen LogP contribution < -0.4 is 0 Å². The molecule has 5 nitrogen and oxygen atoms in total. The average molecular weight is 292 g/mol. The minimum atomic E-state index is 0.685. The highest BCUT2D eigenvalue weighted by Gasteiger charge is 2.34. The zero-order valence-corrected chi connectivity index (χ0v) is 13.8. The molecule has 0 bridgehead atoms. The van der Waals surface area contributed by atoms with Crippen molar-refractivity contribution >= 4 is 0 Å². The van der Waals surface area contributed by atoms with Gasteiger partial charge in [0.2, 0.25) is 0 Å². The molecule has 0 aliphatic carbocycles. The summed E-state index contributed by atoms with van der Waals surface area (Å²) in [6, 6.07) is 1.43. The average Bonchev–Trinajstić information content (AvgIpc) is 2.73. The summed E-state index contributed by atoms with van der Waals surface area (Å²) in [7, 11) is 0. The number of hydrogen-bond acceptors (Lipinski definition) is 5. The van der Waals surface area contributed by atoms with Crippen molar-refractivity contribution in [2.45, 2.75) is 46.3 Å². The van der Waals surface area contributed by atoms with Gasteiger partial charge in [-0.05, 0) is 27.7 Å². The van der Waals surface area contributed by atoms with Crippen molar-refractivity contribution < 1.29 is 4.52 Å². The minimum Gasteiger partial charge on any atom is -0.361 e. The number of hydrogen-bond donors (Lipinski definition) is 0. The first-order valence-corrected chi connectivity index (χ1v) is 8.17. The van der Waals surface area contributed by atoms with Gasteiger partial charge in [-0.3, -0.25) is 14.7 Å². The Balaban J connectivity index is 1.44. The Kier molecular flexibility index (Phi) is 4.33. The highest BCUT2D eigenvalue weighted by molar-refractivity contribution is 5.21. The molecule has 0 radical (unpaired) electrons. The molecule has 2 aliphatic heterocycles. The van der Waals surface area contributed by atoms with Gasteiger partial charge in [0.1, 0.15) is 5.76 Å². The van der Waals surface area contributed by atoms with Crippen LogP contribution >= 0.6 is 0 Å². The van der Waals surface area contributed by atoms with Gasteiger partial charge in [-0.1, -0.05) is 5.16 Å². The number of likely N-dealkylation sites (tertiary alicyclic amines) is 1.